The van der Waals surface area contributed by atoms with Gasteiger partial charge < -0.3 is 9.88 Å². The van der Waals surface area contributed by atoms with Crippen molar-refractivity contribution in [3.63, 3.8) is 0 Å². The van der Waals surface area contributed by atoms with Crippen LogP contribution in [0.25, 0.3) is 10.9 Å². The van der Waals surface area contributed by atoms with Crippen molar-refractivity contribution in [1.82, 2.24) is 19.9 Å². The summed E-state index contributed by atoms with van der Waals surface area (Å²) < 4.78 is 2.05. The van der Waals surface area contributed by atoms with E-state index in [1.807, 2.05) is 49.7 Å². The van der Waals surface area contributed by atoms with Crippen molar-refractivity contribution in [2.75, 3.05) is 6.54 Å². The lowest BCUT2D eigenvalue weighted by Crippen LogP contribution is -2.27. The van der Waals surface area contributed by atoms with Gasteiger partial charge in [-0.05, 0) is 51.8 Å². The lowest BCUT2D eigenvalue weighted by Gasteiger charge is -2.15. The Kier molecular flexibility index (Phi) is 4.83. The second-order valence-electron chi connectivity index (χ2n) is 6.62. The Hall–Kier alpha value is -2.69. The zero-order valence-corrected chi connectivity index (χ0v) is 15.2. The zero-order chi connectivity index (χ0) is 18.0. The number of fused-ring (bicyclic) bond motifs is 1. The summed E-state index contributed by atoms with van der Waals surface area (Å²) in [6.45, 7) is 8.68. The highest BCUT2D eigenvalue weighted by Gasteiger charge is 2.16. The highest BCUT2D eigenvalue weighted by Crippen LogP contribution is 2.24. The van der Waals surface area contributed by atoms with Crippen LogP contribution >= 0.6 is 0 Å². The van der Waals surface area contributed by atoms with Crippen molar-refractivity contribution in [2.24, 2.45) is 0 Å². The number of rotatable bonds is 5. The minimum atomic E-state index is -0.0311. The fourth-order valence-electron chi connectivity index (χ4n) is 3.05. The van der Waals surface area contributed by atoms with Gasteiger partial charge in [-0.2, -0.15) is 0 Å². The molecular formula is C20H24N4O. The van der Waals surface area contributed by atoms with E-state index in [4.69, 9.17) is 0 Å². The molecule has 25 heavy (non-hydrogen) atoms. The van der Waals surface area contributed by atoms with Crippen molar-refractivity contribution >= 4 is 16.8 Å². The first-order valence-corrected chi connectivity index (χ1v) is 8.60. The van der Waals surface area contributed by atoms with Crippen LogP contribution in [0.2, 0.25) is 0 Å². The number of pyridine rings is 1. The summed E-state index contributed by atoms with van der Waals surface area (Å²) in [5.74, 6) is -0.0311. The summed E-state index contributed by atoms with van der Waals surface area (Å²) in [6.07, 6.45) is 6.37. The number of nitrogens with zero attached hydrogens (tertiary/aromatic N) is 3. The van der Waals surface area contributed by atoms with Crippen LogP contribution in [-0.4, -0.2) is 27.0 Å². The topological polar surface area (TPSA) is 59.8 Å². The number of imidazole rings is 1. The van der Waals surface area contributed by atoms with E-state index in [0.29, 0.717) is 12.6 Å². The second kappa shape index (κ2) is 7.05. The van der Waals surface area contributed by atoms with E-state index < -0.39 is 0 Å². The molecule has 1 aromatic carbocycles. The van der Waals surface area contributed by atoms with Gasteiger partial charge in [0.25, 0.3) is 5.91 Å². The van der Waals surface area contributed by atoms with Crippen LogP contribution in [0.4, 0.5) is 0 Å². The van der Waals surface area contributed by atoms with Crippen molar-refractivity contribution in [1.29, 1.82) is 0 Å². The molecule has 2 aromatic heterocycles. The van der Waals surface area contributed by atoms with Gasteiger partial charge in [0.1, 0.15) is 0 Å². The Labute approximate surface area is 148 Å². The third kappa shape index (κ3) is 3.55. The van der Waals surface area contributed by atoms with E-state index in [1.165, 1.54) is 0 Å². The van der Waals surface area contributed by atoms with Crippen molar-refractivity contribution in [3.8, 4) is 0 Å². The molecule has 0 spiro atoms. The van der Waals surface area contributed by atoms with Crippen LogP contribution in [0, 0.1) is 20.8 Å². The SMILES string of the molecule is Cc1ccc2nc(C)c(C)c(C(=O)NCC[C@@H](C)n3ccnc3)c2c1. The third-order valence-corrected chi connectivity index (χ3v) is 4.74. The Morgan fingerprint density at radius 3 is 2.80 bits per heavy atom. The zero-order valence-electron chi connectivity index (χ0n) is 15.2. The highest BCUT2D eigenvalue weighted by molar-refractivity contribution is 6.07. The molecule has 0 aliphatic carbocycles. The van der Waals surface area contributed by atoms with E-state index >= 15 is 0 Å². The Balaban J connectivity index is 1.79. The Bertz CT molecular complexity index is 900. The average Bonchev–Trinajstić information content (AvgIpc) is 3.11. The van der Waals surface area contributed by atoms with Crippen LogP contribution in [0.1, 0.15) is 46.6 Å². The van der Waals surface area contributed by atoms with Gasteiger partial charge in [-0.3, -0.25) is 9.78 Å². The maximum atomic E-state index is 12.9. The summed E-state index contributed by atoms with van der Waals surface area (Å²) in [6, 6.07) is 6.34. The van der Waals surface area contributed by atoms with Gasteiger partial charge in [0.2, 0.25) is 0 Å². The van der Waals surface area contributed by atoms with E-state index in [0.717, 1.165) is 39.7 Å². The fraction of sp³-hybridized carbons (Fsp3) is 0.350. The summed E-state index contributed by atoms with van der Waals surface area (Å²) in [5, 5.41) is 3.99. The van der Waals surface area contributed by atoms with E-state index in [-0.39, 0.29) is 5.91 Å². The molecule has 130 valence electrons. The first-order chi connectivity index (χ1) is 12.0. The molecule has 0 aliphatic rings. The first-order valence-electron chi connectivity index (χ1n) is 8.60. The van der Waals surface area contributed by atoms with Crippen LogP contribution in [0.5, 0.6) is 0 Å². The number of carbonyl (C=O) groups is 1. The number of carbonyl (C=O) groups excluding carboxylic acids is 1. The number of nitrogens with one attached hydrogen (secondary N) is 1. The van der Waals surface area contributed by atoms with Crippen LogP contribution in [0.3, 0.4) is 0 Å². The van der Waals surface area contributed by atoms with Gasteiger partial charge in [0.15, 0.2) is 0 Å². The summed E-state index contributed by atoms with van der Waals surface area (Å²) in [4.78, 5) is 21.5. The van der Waals surface area contributed by atoms with Crippen LogP contribution < -0.4 is 5.32 Å². The second-order valence-corrected chi connectivity index (χ2v) is 6.62. The van der Waals surface area contributed by atoms with E-state index in [2.05, 4.69) is 22.2 Å². The molecule has 0 saturated carbocycles. The number of aromatic nitrogens is 3. The minimum absolute atomic E-state index is 0.0311. The van der Waals surface area contributed by atoms with Gasteiger partial charge in [0.05, 0.1) is 17.4 Å². The number of benzene rings is 1. The van der Waals surface area contributed by atoms with Gasteiger partial charge in [-0.1, -0.05) is 11.6 Å². The van der Waals surface area contributed by atoms with Gasteiger partial charge in [-0.25, -0.2) is 4.98 Å². The maximum Gasteiger partial charge on any atom is 0.252 e. The smallest absolute Gasteiger partial charge is 0.252 e. The van der Waals surface area contributed by atoms with Crippen molar-refractivity contribution < 1.29 is 4.79 Å². The van der Waals surface area contributed by atoms with Crippen molar-refractivity contribution in [3.05, 3.63) is 59.3 Å². The van der Waals surface area contributed by atoms with Gasteiger partial charge in [0, 0.05) is 36.1 Å². The Morgan fingerprint density at radius 1 is 1.28 bits per heavy atom. The van der Waals surface area contributed by atoms with E-state index in [1.54, 1.807) is 12.5 Å². The van der Waals surface area contributed by atoms with Crippen LogP contribution in [0.15, 0.2) is 36.9 Å². The molecule has 0 unspecified atom stereocenters. The molecule has 0 radical (unpaired) electrons. The molecule has 3 aromatic rings. The minimum Gasteiger partial charge on any atom is -0.352 e. The molecular weight excluding hydrogens is 312 g/mol. The molecule has 2 heterocycles. The largest absolute Gasteiger partial charge is 0.352 e. The van der Waals surface area contributed by atoms with Gasteiger partial charge >= 0.3 is 0 Å². The number of hydrogen-bond acceptors (Lipinski definition) is 3. The average molecular weight is 336 g/mol. The molecule has 1 amide bonds. The van der Waals surface area contributed by atoms with E-state index in [9.17, 15) is 4.79 Å². The summed E-state index contributed by atoms with van der Waals surface area (Å²) >= 11 is 0. The Morgan fingerprint density at radius 2 is 2.08 bits per heavy atom. The summed E-state index contributed by atoms with van der Waals surface area (Å²) in [5.41, 5.74) is 4.57. The predicted octanol–water partition coefficient (Wildman–Crippen LogP) is 3.74. The first kappa shape index (κ1) is 17.1. The monoisotopic (exact) mass is 336 g/mol. The summed E-state index contributed by atoms with van der Waals surface area (Å²) in [7, 11) is 0. The lowest BCUT2D eigenvalue weighted by molar-refractivity contribution is 0.0952. The van der Waals surface area contributed by atoms with Crippen LogP contribution in [-0.2, 0) is 0 Å². The quantitative estimate of drug-likeness (QED) is 0.772. The standard InChI is InChI=1S/C20H24N4O/c1-13-5-6-18-17(11-13)19(15(3)16(4)23-18)20(25)22-8-7-14(2)24-10-9-21-12-24/h5-6,9-12,14H,7-8H2,1-4H3,(H,22,25)/t14-/m1/s1. The molecule has 0 aliphatic heterocycles. The normalized spacial score (nSPS) is 12.3. The maximum absolute atomic E-state index is 12.9. The number of aryl methyl sites for hydroxylation is 2. The third-order valence-electron chi connectivity index (χ3n) is 4.74. The fourth-order valence-corrected chi connectivity index (χ4v) is 3.05. The molecule has 0 fully saturated rings. The van der Waals surface area contributed by atoms with Gasteiger partial charge in [-0.15, -0.1) is 0 Å². The molecule has 5 nitrogen and oxygen atoms in total. The number of amides is 1. The molecule has 3 rings (SSSR count). The molecule has 0 bridgehead atoms. The molecule has 0 saturated heterocycles. The van der Waals surface area contributed by atoms with Crippen molar-refractivity contribution in [2.45, 2.75) is 40.2 Å². The molecule has 1 N–H and O–H groups in total. The molecule has 1 atom stereocenters. The highest BCUT2D eigenvalue weighted by atomic mass is 16.1. The number of hydrogen-bond donors (Lipinski definition) is 1. The molecule has 5 heteroatoms. The lowest BCUT2D eigenvalue weighted by atomic mass is 9.99. The predicted molar refractivity (Wildman–Crippen MR) is 99.8 cm³/mol.